The summed E-state index contributed by atoms with van der Waals surface area (Å²) in [6.45, 7) is 0. The average molecular weight is 261 g/mol. The maximum absolute atomic E-state index is 12.2. The normalized spacial score (nSPS) is 32.2. The number of hydrogen-bond donors (Lipinski definition) is 2. The number of aliphatic carboxylic acids is 1. The summed E-state index contributed by atoms with van der Waals surface area (Å²) in [5, 5.41) is 12.0. The molecule has 1 heterocycles. The van der Waals surface area contributed by atoms with Crippen molar-refractivity contribution in [1.29, 1.82) is 0 Å². The lowest BCUT2D eigenvalue weighted by molar-refractivity contribution is -0.147. The minimum Gasteiger partial charge on any atom is -0.481 e. The van der Waals surface area contributed by atoms with Gasteiger partial charge in [0.1, 0.15) is 0 Å². The van der Waals surface area contributed by atoms with Crippen LogP contribution < -0.4 is 5.32 Å². The van der Waals surface area contributed by atoms with E-state index in [2.05, 4.69) is 5.32 Å². The molecule has 2 aliphatic rings. The second-order valence-corrected chi connectivity index (χ2v) is 5.09. The number of carbonyl (C=O) groups excluding carboxylic acids is 1. The van der Waals surface area contributed by atoms with E-state index in [9.17, 15) is 14.7 Å². The molecule has 1 saturated heterocycles. The van der Waals surface area contributed by atoms with Gasteiger partial charge >= 0.3 is 5.97 Å². The van der Waals surface area contributed by atoms with Crippen LogP contribution in [0.15, 0.2) is 30.3 Å². The van der Waals surface area contributed by atoms with Crippen molar-refractivity contribution in [3.63, 3.8) is 0 Å². The molecule has 2 N–H and O–H groups in total. The van der Waals surface area contributed by atoms with Gasteiger partial charge < -0.3 is 15.2 Å². The molecule has 5 heteroatoms. The third-order valence-electron chi connectivity index (χ3n) is 3.84. The highest BCUT2D eigenvalue weighted by Gasteiger charge is 2.52. The first-order chi connectivity index (χ1) is 9.15. The van der Waals surface area contributed by atoms with E-state index in [4.69, 9.17) is 4.74 Å². The van der Waals surface area contributed by atoms with Crippen LogP contribution in [0.25, 0.3) is 0 Å². The maximum Gasteiger partial charge on any atom is 0.307 e. The van der Waals surface area contributed by atoms with Gasteiger partial charge in [-0.3, -0.25) is 9.59 Å². The first-order valence-electron chi connectivity index (χ1n) is 6.39. The van der Waals surface area contributed by atoms with Crippen molar-refractivity contribution in [1.82, 2.24) is 0 Å². The summed E-state index contributed by atoms with van der Waals surface area (Å²) in [5.41, 5.74) is 0.690. The lowest BCUT2D eigenvalue weighted by Gasteiger charge is -2.25. The zero-order chi connectivity index (χ0) is 13.4. The third-order valence-corrected chi connectivity index (χ3v) is 3.84. The topological polar surface area (TPSA) is 78.9 Å². The van der Waals surface area contributed by atoms with E-state index in [0.717, 1.165) is 0 Å². The quantitative estimate of drug-likeness (QED) is 0.808. The Morgan fingerprint density at radius 3 is 2.37 bits per heavy atom. The summed E-state index contributed by atoms with van der Waals surface area (Å²) in [6.07, 6.45) is 1.05. The second-order valence-electron chi connectivity index (χ2n) is 5.09. The molecule has 1 aromatic rings. The molecule has 0 spiro atoms. The van der Waals surface area contributed by atoms with Gasteiger partial charge in [0, 0.05) is 5.69 Å². The SMILES string of the molecule is O=C(O)C1CC2OC2CC1C(=O)Nc1ccccc1. The number of rotatable bonds is 3. The Labute approximate surface area is 110 Å². The zero-order valence-electron chi connectivity index (χ0n) is 10.3. The number of hydrogen-bond acceptors (Lipinski definition) is 3. The minimum atomic E-state index is -0.915. The van der Waals surface area contributed by atoms with Gasteiger partial charge in [-0.1, -0.05) is 18.2 Å². The van der Waals surface area contributed by atoms with Gasteiger partial charge in [0.2, 0.25) is 5.91 Å². The van der Waals surface area contributed by atoms with Crippen molar-refractivity contribution in [2.24, 2.45) is 11.8 Å². The highest BCUT2D eigenvalue weighted by Crippen LogP contribution is 2.43. The van der Waals surface area contributed by atoms with Crippen LogP contribution >= 0.6 is 0 Å². The van der Waals surface area contributed by atoms with Crippen LogP contribution in [-0.2, 0) is 14.3 Å². The lowest BCUT2D eigenvalue weighted by atomic mass is 9.78. The first-order valence-corrected chi connectivity index (χ1v) is 6.39. The molecule has 19 heavy (non-hydrogen) atoms. The molecule has 1 saturated carbocycles. The number of para-hydroxylation sites is 1. The number of amides is 1. The Hall–Kier alpha value is -1.88. The maximum atomic E-state index is 12.2. The fourth-order valence-electron chi connectivity index (χ4n) is 2.74. The predicted octanol–water partition coefficient (Wildman–Crippen LogP) is 1.50. The summed E-state index contributed by atoms with van der Waals surface area (Å²) in [5.74, 6) is -2.30. The van der Waals surface area contributed by atoms with Crippen molar-refractivity contribution in [3.8, 4) is 0 Å². The summed E-state index contributed by atoms with van der Waals surface area (Å²) in [7, 11) is 0. The number of carboxylic acid groups (broad SMARTS) is 1. The van der Waals surface area contributed by atoms with Crippen molar-refractivity contribution < 1.29 is 19.4 Å². The van der Waals surface area contributed by atoms with E-state index in [1.54, 1.807) is 12.1 Å². The molecular weight excluding hydrogens is 246 g/mol. The molecule has 4 unspecified atom stereocenters. The van der Waals surface area contributed by atoms with E-state index in [1.807, 2.05) is 18.2 Å². The van der Waals surface area contributed by atoms with Crippen LogP contribution in [0.1, 0.15) is 12.8 Å². The molecule has 0 radical (unpaired) electrons. The molecule has 1 aromatic carbocycles. The monoisotopic (exact) mass is 261 g/mol. The highest BCUT2D eigenvalue weighted by molar-refractivity contribution is 5.95. The van der Waals surface area contributed by atoms with E-state index in [-0.39, 0.29) is 18.1 Å². The predicted molar refractivity (Wildman–Crippen MR) is 67.6 cm³/mol. The fraction of sp³-hybridized carbons (Fsp3) is 0.429. The number of epoxide rings is 1. The standard InChI is InChI=1S/C14H15NO4/c16-13(15-8-4-2-1-3-5-8)9-6-11-12(19-11)7-10(9)14(17)18/h1-5,9-12H,6-7H2,(H,15,16)(H,17,18). The molecule has 4 atom stereocenters. The molecule has 2 fully saturated rings. The zero-order valence-corrected chi connectivity index (χ0v) is 10.3. The van der Waals surface area contributed by atoms with Gasteiger partial charge in [0.05, 0.1) is 24.0 Å². The van der Waals surface area contributed by atoms with Crippen molar-refractivity contribution in [2.75, 3.05) is 5.32 Å². The average Bonchev–Trinajstić information content (AvgIpc) is 3.16. The molecule has 3 rings (SSSR count). The van der Waals surface area contributed by atoms with Crippen molar-refractivity contribution in [3.05, 3.63) is 30.3 Å². The number of carboxylic acids is 1. The van der Waals surface area contributed by atoms with Gasteiger partial charge in [-0.05, 0) is 25.0 Å². The largest absolute Gasteiger partial charge is 0.481 e. The van der Waals surface area contributed by atoms with E-state index in [0.29, 0.717) is 18.5 Å². The minimum absolute atomic E-state index is 0.0434. The van der Waals surface area contributed by atoms with Crippen LogP contribution in [0.4, 0.5) is 5.69 Å². The third kappa shape index (κ3) is 2.46. The van der Waals surface area contributed by atoms with E-state index in [1.165, 1.54) is 0 Å². The van der Waals surface area contributed by atoms with Crippen LogP contribution in [0.3, 0.4) is 0 Å². The molecule has 1 aliphatic carbocycles. The molecule has 100 valence electrons. The first kappa shape index (κ1) is 12.2. The Morgan fingerprint density at radius 1 is 1.11 bits per heavy atom. The van der Waals surface area contributed by atoms with E-state index >= 15 is 0 Å². The Kier molecular flexibility index (Phi) is 2.98. The van der Waals surface area contributed by atoms with Crippen molar-refractivity contribution in [2.45, 2.75) is 25.0 Å². The highest BCUT2D eigenvalue weighted by atomic mass is 16.6. The van der Waals surface area contributed by atoms with Crippen molar-refractivity contribution >= 4 is 17.6 Å². The molecule has 1 aliphatic heterocycles. The molecule has 0 bridgehead atoms. The number of carbonyl (C=O) groups is 2. The number of nitrogens with one attached hydrogen (secondary N) is 1. The lowest BCUT2D eigenvalue weighted by Crippen LogP contribution is -2.38. The van der Waals surface area contributed by atoms with Crippen LogP contribution in [-0.4, -0.2) is 29.2 Å². The Morgan fingerprint density at radius 2 is 1.74 bits per heavy atom. The van der Waals surface area contributed by atoms with Crippen LogP contribution in [0, 0.1) is 11.8 Å². The second kappa shape index (κ2) is 4.66. The van der Waals surface area contributed by atoms with E-state index < -0.39 is 17.8 Å². The smallest absolute Gasteiger partial charge is 0.307 e. The van der Waals surface area contributed by atoms with Gasteiger partial charge in [-0.15, -0.1) is 0 Å². The summed E-state index contributed by atoms with van der Waals surface area (Å²) >= 11 is 0. The molecule has 1 amide bonds. The summed E-state index contributed by atoms with van der Waals surface area (Å²) in [4.78, 5) is 23.5. The number of ether oxygens (including phenoxy) is 1. The number of benzene rings is 1. The number of fused-ring (bicyclic) bond motifs is 1. The molecular formula is C14H15NO4. The Balaban J connectivity index is 1.72. The summed E-state index contributed by atoms with van der Waals surface area (Å²) < 4.78 is 5.35. The molecule has 5 nitrogen and oxygen atoms in total. The van der Waals surface area contributed by atoms with Gasteiger partial charge in [-0.25, -0.2) is 0 Å². The molecule has 0 aromatic heterocycles. The van der Waals surface area contributed by atoms with Gasteiger partial charge in [0.25, 0.3) is 0 Å². The summed E-state index contributed by atoms with van der Waals surface area (Å²) in [6, 6.07) is 9.08. The number of anilines is 1. The van der Waals surface area contributed by atoms with Gasteiger partial charge in [-0.2, -0.15) is 0 Å². The fourth-order valence-corrected chi connectivity index (χ4v) is 2.74. The van der Waals surface area contributed by atoms with Crippen LogP contribution in [0.5, 0.6) is 0 Å². The van der Waals surface area contributed by atoms with Gasteiger partial charge in [0.15, 0.2) is 0 Å². The van der Waals surface area contributed by atoms with Crippen LogP contribution in [0.2, 0.25) is 0 Å². The Bertz CT molecular complexity index is 501.